The van der Waals surface area contributed by atoms with Crippen LogP contribution in [0, 0.1) is 0 Å². The van der Waals surface area contributed by atoms with Gasteiger partial charge in [0.2, 0.25) is 0 Å². The van der Waals surface area contributed by atoms with Gasteiger partial charge >= 0.3 is 6.16 Å². The van der Waals surface area contributed by atoms with Crippen molar-refractivity contribution in [2.24, 2.45) is 0 Å². The van der Waals surface area contributed by atoms with Gasteiger partial charge in [0.15, 0.2) is 5.60 Å². The fourth-order valence-electron chi connectivity index (χ4n) is 1.70. The van der Waals surface area contributed by atoms with Crippen LogP contribution < -0.4 is 0 Å². The zero-order valence-corrected chi connectivity index (χ0v) is 11.8. The van der Waals surface area contributed by atoms with Crippen LogP contribution in [0.5, 0.6) is 0 Å². The topological polar surface area (TPSA) is 44.8 Å². The summed E-state index contributed by atoms with van der Waals surface area (Å²) in [4.78, 5) is 11.6. The highest BCUT2D eigenvalue weighted by molar-refractivity contribution is 5.61. The highest BCUT2D eigenvalue weighted by Crippen LogP contribution is 2.26. The fraction of sp³-hybridized carbons (Fsp3) is 0.533. The second-order valence-corrected chi connectivity index (χ2v) is 4.43. The van der Waals surface area contributed by atoms with E-state index in [0.717, 1.165) is 12.0 Å². The second kappa shape index (κ2) is 7.79. The Morgan fingerprint density at radius 2 is 1.89 bits per heavy atom. The predicted molar refractivity (Wildman–Crippen MR) is 73.0 cm³/mol. The van der Waals surface area contributed by atoms with E-state index in [1.807, 2.05) is 44.2 Å². The zero-order valence-electron chi connectivity index (χ0n) is 11.8. The largest absolute Gasteiger partial charge is 0.509 e. The van der Waals surface area contributed by atoms with Crippen LogP contribution in [0.3, 0.4) is 0 Å². The molecular weight excluding hydrogens is 244 g/mol. The minimum Gasteiger partial charge on any atom is -0.435 e. The molecule has 0 aliphatic carbocycles. The van der Waals surface area contributed by atoms with E-state index in [4.69, 9.17) is 14.2 Å². The molecule has 0 spiro atoms. The maximum absolute atomic E-state index is 11.6. The lowest BCUT2D eigenvalue weighted by molar-refractivity contribution is -0.0744. The van der Waals surface area contributed by atoms with Crippen LogP contribution in [0.4, 0.5) is 4.79 Å². The van der Waals surface area contributed by atoms with Gasteiger partial charge in [0.05, 0.1) is 13.2 Å². The average molecular weight is 266 g/mol. The van der Waals surface area contributed by atoms with E-state index >= 15 is 0 Å². The number of carbonyl (C=O) groups excluding carboxylic acids is 1. The van der Waals surface area contributed by atoms with Crippen LogP contribution in [0.15, 0.2) is 30.3 Å². The molecule has 1 aromatic carbocycles. The Morgan fingerprint density at radius 1 is 1.21 bits per heavy atom. The summed E-state index contributed by atoms with van der Waals surface area (Å²) in [6, 6.07) is 9.55. The van der Waals surface area contributed by atoms with E-state index in [9.17, 15) is 4.79 Å². The molecule has 4 heteroatoms. The molecule has 1 unspecified atom stereocenters. The lowest BCUT2D eigenvalue weighted by atomic mass is 9.97. The molecule has 1 rings (SSSR count). The molecule has 1 atom stereocenters. The number of hydrogen-bond donors (Lipinski definition) is 0. The summed E-state index contributed by atoms with van der Waals surface area (Å²) in [5.41, 5.74) is 0.0574. The van der Waals surface area contributed by atoms with Gasteiger partial charge in [0.1, 0.15) is 0 Å². The van der Waals surface area contributed by atoms with Crippen molar-refractivity contribution < 1.29 is 19.0 Å². The minimum absolute atomic E-state index is 0.291. The minimum atomic E-state index is -0.831. The summed E-state index contributed by atoms with van der Waals surface area (Å²) in [5.74, 6) is 0. The lowest BCUT2D eigenvalue weighted by Gasteiger charge is -2.29. The highest BCUT2D eigenvalue weighted by Gasteiger charge is 2.32. The number of ether oxygens (including phenoxy) is 3. The van der Waals surface area contributed by atoms with Crippen molar-refractivity contribution >= 4 is 6.16 Å². The van der Waals surface area contributed by atoms with E-state index in [1.165, 1.54) is 0 Å². The highest BCUT2D eigenvalue weighted by atomic mass is 16.7. The number of carbonyl (C=O) groups is 1. The first-order chi connectivity index (χ1) is 9.12. The Balaban J connectivity index is 2.80. The molecule has 0 radical (unpaired) electrons. The first-order valence-electron chi connectivity index (χ1n) is 6.61. The van der Waals surface area contributed by atoms with Crippen LogP contribution in [0.25, 0.3) is 0 Å². The molecule has 1 aromatic rings. The standard InChI is InChI=1S/C15H22O4/c1-4-11-17-12-15(3,19-14(16)18-5-2)13-9-7-6-8-10-13/h6-10H,4-5,11-12H2,1-3H3. The number of rotatable bonds is 7. The zero-order chi connectivity index (χ0) is 14.1. The van der Waals surface area contributed by atoms with Gasteiger partial charge in [0.25, 0.3) is 0 Å². The Kier molecular flexibility index (Phi) is 6.36. The molecule has 0 saturated carbocycles. The van der Waals surface area contributed by atoms with Gasteiger partial charge in [-0.1, -0.05) is 37.3 Å². The van der Waals surface area contributed by atoms with E-state index in [1.54, 1.807) is 6.92 Å². The third kappa shape index (κ3) is 4.91. The summed E-state index contributed by atoms with van der Waals surface area (Å²) >= 11 is 0. The Morgan fingerprint density at radius 3 is 2.47 bits per heavy atom. The first kappa shape index (κ1) is 15.5. The van der Waals surface area contributed by atoms with Crippen molar-refractivity contribution in [1.82, 2.24) is 0 Å². The molecule has 0 bridgehead atoms. The van der Waals surface area contributed by atoms with Gasteiger partial charge in [-0.25, -0.2) is 4.79 Å². The van der Waals surface area contributed by atoms with Gasteiger partial charge < -0.3 is 14.2 Å². The molecule has 106 valence electrons. The van der Waals surface area contributed by atoms with Gasteiger partial charge in [-0.3, -0.25) is 0 Å². The maximum Gasteiger partial charge on any atom is 0.509 e. The Hall–Kier alpha value is -1.55. The van der Waals surface area contributed by atoms with Crippen molar-refractivity contribution in [2.75, 3.05) is 19.8 Å². The third-order valence-corrected chi connectivity index (χ3v) is 2.68. The van der Waals surface area contributed by atoms with Crippen molar-refractivity contribution in [3.05, 3.63) is 35.9 Å². The molecule has 0 aliphatic heterocycles. The summed E-state index contributed by atoms with van der Waals surface area (Å²) in [7, 11) is 0. The molecular formula is C15H22O4. The third-order valence-electron chi connectivity index (χ3n) is 2.68. The molecule has 0 N–H and O–H groups in total. The van der Waals surface area contributed by atoms with Gasteiger partial charge in [-0.15, -0.1) is 0 Å². The van der Waals surface area contributed by atoms with Crippen LogP contribution in [0.1, 0.15) is 32.8 Å². The van der Waals surface area contributed by atoms with Gasteiger partial charge in [-0.05, 0) is 25.8 Å². The van der Waals surface area contributed by atoms with Crippen molar-refractivity contribution in [3.8, 4) is 0 Å². The lowest BCUT2D eigenvalue weighted by Crippen LogP contribution is -2.34. The van der Waals surface area contributed by atoms with Crippen LogP contribution in [0.2, 0.25) is 0 Å². The molecule has 0 aliphatic rings. The average Bonchev–Trinajstić information content (AvgIpc) is 2.40. The fourth-order valence-corrected chi connectivity index (χ4v) is 1.70. The number of benzene rings is 1. The van der Waals surface area contributed by atoms with Gasteiger partial charge in [0, 0.05) is 6.61 Å². The molecule has 0 aromatic heterocycles. The molecule has 0 fully saturated rings. The normalized spacial score (nSPS) is 13.6. The number of hydrogen-bond acceptors (Lipinski definition) is 4. The molecule has 0 heterocycles. The maximum atomic E-state index is 11.6. The van der Waals surface area contributed by atoms with E-state index in [2.05, 4.69) is 0 Å². The molecule has 0 saturated heterocycles. The predicted octanol–water partition coefficient (Wildman–Crippen LogP) is 3.50. The first-order valence-corrected chi connectivity index (χ1v) is 6.61. The Bertz CT molecular complexity index is 377. The summed E-state index contributed by atoms with van der Waals surface area (Å²) < 4.78 is 15.8. The van der Waals surface area contributed by atoms with Crippen molar-refractivity contribution in [3.63, 3.8) is 0 Å². The van der Waals surface area contributed by atoms with Crippen LogP contribution >= 0.6 is 0 Å². The SMILES string of the molecule is CCCOCC(C)(OC(=O)OCC)c1ccccc1. The molecule has 19 heavy (non-hydrogen) atoms. The van der Waals surface area contributed by atoms with E-state index in [-0.39, 0.29) is 0 Å². The van der Waals surface area contributed by atoms with Crippen LogP contribution in [-0.2, 0) is 19.8 Å². The van der Waals surface area contributed by atoms with Crippen LogP contribution in [-0.4, -0.2) is 26.0 Å². The monoisotopic (exact) mass is 266 g/mol. The summed E-state index contributed by atoms with van der Waals surface area (Å²) in [6.45, 7) is 6.84. The van der Waals surface area contributed by atoms with E-state index in [0.29, 0.717) is 19.8 Å². The van der Waals surface area contributed by atoms with Gasteiger partial charge in [-0.2, -0.15) is 0 Å². The van der Waals surface area contributed by atoms with Crippen molar-refractivity contribution in [2.45, 2.75) is 32.8 Å². The molecule has 4 nitrogen and oxygen atoms in total. The quantitative estimate of drug-likeness (QED) is 0.559. The smallest absolute Gasteiger partial charge is 0.435 e. The summed E-state index contributed by atoms with van der Waals surface area (Å²) in [6.07, 6.45) is 0.249. The molecule has 0 amide bonds. The van der Waals surface area contributed by atoms with Crippen molar-refractivity contribution in [1.29, 1.82) is 0 Å². The second-order valence-electron chi connectivity index (χ2n) is 4.43. The summed E-state index contributed by atoms with van der Waals surface area (Å²) in [5, 5.41) is 0. The van der Waals surface area contributed by atoms with E-state index < -0.39 is 11.8 Å². The Labute approximate surface area is 114 Å².